The van der Waals surface area contributed by atoms with Gasteiger partial charge in [-0.25, -0.2) is 17.6 Å². The fourth-order valence-electron chi connectivity index (χ4n) is 3.54. The van der Waals surface area contributed by atoms with Gasteiger partial charge in [-0.3, -0.25) is 4.79 Å². The Labute approximate surface area is 131 Å². The van der Waals surface area contributed by atoms with Crippen molar-refractivity contribution in [2.75, 3.05) is 0 Å². The molecule has 0 bridgehead atoms. The summed E-state index contributed by atoms with van der Waals surface area (Å²) in [4.78, 5) is 11.8. The number of benzene rings is 1. The van der Waals surface area contributed by atoms with E-state index in [-0.39, 0.29) is 0 Å². The molecule has 1 aliphatic carbocycles. The molecule has 0 spiro atoms. The van der Waals surface area contributed by atoms with Gasteiger partial charge in [-0.05, 0) is 31.6 Å². The van der Waals surface area contributed by atoms with Gasteiger partial charge in [-0.15, -0.1) is 0 Å². The predicted octanol–water partition coefficient (Wildman–Crippen LogP) is 4.40. The topological polar surface area (TPSA) is 37.3 Å². The fraction of sp³-hybridized carbons (Fsp3) is 0.471. The molecule has 23 heavy (non-hydrogen) atoms. The third-order valence-corrected chi connectivity index (χ3v) is 5.17. The Bertz CT molecular complexity index is 680. The lowest BCUT2D eigenvalue weighted by Crippen LogP contribution is -2.26. The van der Waals surface area contributed by atoms with Crippen molar-refractivity contribution in [2.45, 2.75) is 34.1 Å². The zero-order valence-corrected chi connectivity index (χ0v) is 13.3. The van der Waals surface area contributed by atoms with Gasteiger partial charge < -0.3 is 5.11 Å². The van der Waals surface area contributed by atoms with Gasteiger partial charge >= 0.3 is 5.97 Å². The van der Waals surface area contributed by atoms with E-state index in [1.165, 1.54) is 0 Å². The van der Waals surface area contributed by atoms with Gasteiger partial charge in [-0.2, -0.15) is 0 Å². The summed E-state index contributed by atoms with van der Waals surface area (Å²) in [6.07, 6.45) is 2.68. The molecule has 0 aliphatic heterocycles. The number of halogens is 4. The van der Waals surface area contributed by atoms with Crippen LogP contribution in [0.5, 0.6) is 0 Å². The molecule has 1 aromatic rings. The maximum atomic E-state index is 14.1. The third-order valence-electron chi connectivity index (χ3n) is 5.17. The van der Waals surface area contributed by atoms with Crippen LogP contribution in [-0.2, 0) is 11.2 Å². The highest BCUT2D eigenvalue weighted by molar-refractivity contribution is 5.82. The molecule has 1 N–H and O–H groups in total. The first-order chi connectivity index (χ1) is 10.5. The lowest BCUT2D eigenvalue weighted by Gasteiger charge is -2.17. The Balaban J connectivity index is 2.60. The smallest absolute Gasteiger partial charge is 0.311 e. The van der Waals surface area contributed by atoms with Crippen LogP contribution in [0.25, 0.3) is 0 Å². The number of carboxylic acids is 1. The summed E-state index contributed by atoms with van der Waals surface area (Å²) in [5.41, 5.74) is -3.90. The molecule has 0 amide bonds. The highest BCUT2D eigenvalue weighted by Crippen LogP contribution is 2.71. The molecule has 2 atom stereocenters. The minimum absolute atomic E-state index is 0.483. The molecule has 0 heterocycles. The Morgan fingerprint density at radius 1 is 1.13 bits per heavy atom. The van der Waals surface area contributed by atoms with Gasteiger partial charge in [0.2, 0.25) is 0 Å². The minimum Gasteiger partial charge on any atom is -0.481 e. The summed E-state index contributed by atoms with van der Waals surface area (Å²) < 4.78 is 55.6. The molecule has 0 radical (unpaired) electrons. The van der Waals surface area contributed by atoms with E-state index in [1.807, 2.05) is 0 Å². The molecule has 6 heteroatoms. The Morgan fingerprint density at radius 2 is 1.61 bits per heavy atom. The normalized spacial score (nSPS) is 25.8. The van der Waals surface area contributed by atoms with E-state index in [9.17, 15) is 27.5 Å². The lowest BCUT2D eigenvalue weighted by molar-refractivity contribution is -0.145. The molecule has 0 saturated heterocycles. The van der Waals surface area contributed by atoms with Crippen LogP contribution >= 0.6 is 0 Å². The minimum atomic E-state index is -1.52. The van der Waals surface area contributed by atoms with Crippen molar-refractivity contribution in [1.29, 1.82) is 0 Å². The van der Waals surface area contributed by atoms with Crippen LogP contribution in [0.4, 0.5) is 17.6 Å². The zero-order valence-electron chi connectivity index (χ0n) is 13.3. The molecule has 2 rings (SSSR count). The maximum Gasteiger partial charge on any atom is 0.311 e. The van der Waals surface area contributed by atoms with E-state index in [0.29, 0.717) is 0 Å². The van der Waals surface area contributed by atoms with E-state index < -0.39 is 63.5 Å². The number of allylic oxidation sites excluding steroid dienone is 2. The average Bonchev–Trinajstić information content (AvgIpc) is 2.96. The summed E-state index contributed by atoms with van der Waals surface area (Å²) in [5, 5.41) is 9.61. The summed E-state index contributed by atoms with van der Waals surface area (Å²) >= 11 is 0. The number of rotatable bonds is 4. The van der Waals surface area contributed by atoms with Crippen LogP contribution in [0.3, 0.4) is 0 Å². The zero-order chi connectivity index (χ0) is 17.7. The molecule has 2 nitrogen and oxygen atoms in total. The van der Waals surface area contributed by atoms with Crippen molar-refractivity contribution in [3.63, 3.8) is 0 Å². The van der Waals surface area contributed by atoms with E-state index in [1.54, 1.807) is 32.9 Å². The highest BCUT2D eigenvalue weighted by atomic mass is 19.2. The van der Waals surface area contributed by atoms with Gasteiger partial charge in [0.25, 0.3) is 0 Å². The van der Waals surface area contributed by atoms with Crippen molar-refractivity contribution < 1.29 is 27.5 Å². The first-order valence-electron chi connectivity index (χ1n) is 7.21. The highest BCUT2D eigenvalue weighted by Gasteiger charge is 2.74. The predicted molar refractivity (Wildman–Crippen MR) is 76.9 cm³/mol. The summed E-state index contributed by atoms with van der Waals surface area (Å²) in [6, 6.07) is 0. The van der Waals surface area contributed by atoms with E-state index in [0.717, 1.165) is 6.92 Å². The maximum absolute atomic E-state index is 14.1. The molecule has 1 aliphatic rings. The largest absolute Gasteiger partial charge is 0.481 e. The molecule has 1 aromatic carbocycles. The van der Waals surface area contributed by atoms with Crippen molar-refractivity contribution in [2.24, 2.45) is 16.7 Å². The number of aliphatic carboxylic acids is 1. The van der Waals surface area contributed by atoms with Gasteiger partial charge in [0.1, 0.15) is 0 Å². The summed E-state index contributed by atoms with van der Waals surface area (Å²) in [6.45, 7) is 5.94. The molecular formula is C17H18F4O2. The molecular weight excluding hydrogens is 312 g/mol. The van der Waals surface area contributed by atoms with Crippen LogP contribution < -0.4 is 0 Å². The van der Waals surface area contributed by atoms with Crippen molar-refractivity contribution in [1.82, 2.24) is 0 Å². The monoisotopic (exact) mass is 330 g/mol. The van der Waals surface area contributed by atoms with Gasteiger partial charge in [0.05, 0.1) is 5.41 Å². The lowest BCUT2D eigenvalue weighted by atomic mass is 9.87. The van der Waals surface area contributed by atoms with Gasteiger partial charge in [0.15, 0.2) is 23.3 Å². The SMILES string of the molecule is C/C=C\C1C(C)(C)[C@]1(Cc1c(F)c(F)c(C)c(F)c1F)C(=O)O. The van der Waals surface area contributed by atoms with Crippen LogP contribution in [0.15, 0.2) is 12.2 Å². The van der Waals surface area contributed by atoms with Crippen LogP contribution in [-0.4, -0.2) is 11.1 Å². The van der Waals surface area contributed by atoms with E-state index in [2.05, 4.69) is 0 Å². The molecule has 1 fully saturated rings. The molecule has 126 valence electrons. The average molecular weight is 330 g/mol. The molecule has 1 saturated carbocycles. The second kappa shape index (κ2) is 5.35. The van der Waals surface area contributed by atoms with E-state index >= 15 is 0 Å². The first kappa shape index (κ1) is 17.5. The number of hydrogen-bond acceptors (Lipinski definition) is 1. The Kier molecular flexibility index (Phi) is 4.07. The fourth-order valence-corrected chi connectivity index (χ4v) is 3.54. The Hall–Kier alpha value is -1.85. The van der Waals surface area contributed by atoms with E-state index in [4.69, 9.17) is 0 Å². The van der Waals surface area contributed by atoms with Crippen molar-refractivity contribution in [3.8, 4) is 0 Å². The molecule has 0 aromatic heterocycles. The number of carbonyl (C=O) groups is 1. The summed E-state index contributed by atoms with van der Waals surface area (Å²) in [5.74, 6) is -7.75. The second-order valence-electron chi connectivity index (χ2n) is 6.54. The van der Waals surface area contributed by atoms with Crippen LogP contribution in [0.2, 0.25) is 0 Å². The number of carboxylic acid groups (broad SMARTS) is 1. The number of hydrogen-bond donors (Lipinski definition) is 1. The second-order valence-corrected chi connectivity index (χ2v) is 6.54. The van der Waals surface area contributed by atoms with Crippen molar-refractivity contribution >= 4 is 5.97 Å². The Morgan fingerprint density at radius 3 is 2.00 bits per heavy atom. The first-order valence-corrected chi connectivity index (χ1v) is 7.21. The quantitative estimate of drug-likeness (QED) is 0.505. The van der Waals surface area contributed by atoms with Gasteiger partial charge in [-0.1, -0.05) is 26.0 Å². The van der Waals surface area contributed by atoms with Gasteiger partial charge in [0, 0.05) is 11.1 Å². The van der Waals surface area contributed by atoms with Crippen LogP contribution in [0.1, 0.15) is 31.9 Å². The van der Waals surface area contributed by atoms with Crippen molar-refractivity contribution in [3.05, 3.63) is 46.5 Å². The third kappa shape index (κ3) is 2.18. The summed E-state index contributed by atoms with van der Waals surface area (Å²) in [7, 11) is 0. The van der Waals surface area contributed by atoms with Crippen LogP contribution in [0, 0.1) is 46.9 Å². The standard InChI is InChI=1S/C17H18F4O2/c1-5-6-10-16(3,4)17(10,15(22)23)7-9-13(20)11(18)8(2)12(19)14(9)21/h5-6,10H,7H2,1-4H3,(H,22,23)/b6-5-/t10?,17-/m0/s1. The molecule has 1 unspecified atom stereocenters.